The Morgan fingerprint density at radius 3 is 2.80 bits per heavy atom. The third-order valence-electron chi connectivity index (χ3n) is 2.14. The van der Waals surface area contributed by atoms with E-state index in [1.807, 2.05) is 36.7 Å². The van der Waals surface area contributed by atoms with Crippen molar-refractivity contribution in [1.82, 2.24) is 9.97 Å². The van der Waals surface area contributed by atoms with Crippen LogP contribution in [0.4, 0.5) is 0 Å². The highest BCUT2D eigenvalue weighted by Gasteiger charge is 2.07. The van der Waals surface area contributed by atoms with E-state index in [9.17, 15) is 0 Å². The first-order valence-corrected chi connectivity index (χ1v) is 5.80. The zero-order valence-corrected chi connectivity index (χ0v) is 9.47. The van der Waals surface area contributed by atoms with E-state index in [1.54, 1.807) is 18.9 Å². The van der Waals surface area contributed by atoms with Crippen LogP contribution in [0.2, 0.25) is 0 Å². The van der Waals surface area contributed by atoms with Crippen LogP contribution in [0.5, 0.6) is 5.75 Å². The Bertz CT molecular complexity index is 453. The van der Waals surface area contributed by atoms with Crippen molar-refractivity contribution < 1.29 is 4.74 Å². The molecule has 0 spiro atoms. The first-order valence-electron chi connectivity index (χ1n) is 4.57. The lowest BCUT2D eigenvalue weighted by molar-refractivity contribution is 0.416. The Morgan fingerprint density at radius 1 is 1.33 bits per heavy atom. The predicted octanol–water partition coefficient (Wildman–Crippen LogP) is 2.81. The van der Waals surface area contributed by atoms with Crippen molar-refractivity contribution in [2.24, 2.45) is 0 Å². The number of benzene rings is 1. The van der Waals surface area contributed by atoms with Gasteiger partial charge in [0.25, 0.3) is 0 Å². The van der Waals surface area contributed by atoms with Crippen molar-refractivity contribution in [3.05, 3.63) is 30.5 Å². The molecule has 4 heteroatoms. The number of imidazole rings is 1. The minimum absolute atomic E-state index is 0.855. The van der Waals surface area contributed by atoms with Gasteiger partial charge in [0.15, 0.2) is 5.16 Å². The Morgan fingerprint density at radius 2 is 2.13 bits per heavy atom. The summed E-state index contributed by atoms with van der Waals surface area (Å²) < 4.78 is 5.29. The molecule has 1 aromatic heterocycles. The van der Waals surface area contributed by atoms with Gasteiger partial charge in [-0.3, -0.25) is 0 Å². The number of thioether (sulfide) groups is 1. The summed E-state index contributed by atoms with van der Waals surface area (Å²) >= 11 is 1.59. The highest BCUT2D eigenvalue weighted by atomic mass is 32.2. The number of H-pyrrole nitrogens is 1. The van der Waals surface area contributed by atoms with Gasteiger partial charge in [0, 0.05) is 5.56 Å². The van der Waals surface area contributed by atoms with Crippen LogP contribution in [0, 0.1) is 0 Å². The van der Waals surface area contributed by atoms with Gasteiger partial charge in [-0.25, -0.2) is 4.98 Å². The number of aromatic amines is 1. The zero-order valence-electron chi connectivity index (χ0n) is 8.65. The number of hydrogen-bond acceptors (Lipinski definition) is 3. The lowest BCUT2D eigenvalue weighted by atomic mass is 10.1. The lowest BCUT2D eigenvalue weighted by Crippen LogP contribution is -1.87. The number of rotatable bonds is 3. The molecule has 0 fully saturated rings. The molecule has 2 aromatic rings. The molecular weight excluding hydrogens is 208 g/mol. The number of nitrogens with zero attached hydrogens (tertiary/aromatic N) is 1. The summed E-state index contributed by atoms with van der Waals surface area (Å²) in [6.07, 6.45) is 3.81. The van der Waals surface area contributed by atoms with Crippen molar-refractivity contribution >= 4 is 11.8 Å². The maximum absolute atomic E-state index is 5.29. The first kappa shape index (κ1) is 10.1. The van der Waals surface area contributed by atoms with E-state index in [4.69, 9.17) is 4.74 Å². The van der Waals surface area contributed by atoms with Gasteiger partial charge in [-0.05, 0) is 18.4 Å². The second kappa shape index (κ2) is 4.40. The average molecular weight is 220 g/mol. The van der Waals surface area contributed by atoms with E-state index in [-0.39, 0.29) is 0 Å². The summed E-state index contributed by atoms with van der Waals surface area (Å²) in [6.45, 7) is 0. The molecule has 0 aliphatic rings. The number of aromatic nitrogens is 2. The van der Waals surface area contributed by atoms with Crippen LogP contribution in [0.15, 0.2) is 35.6 Å². The van der Waals surface area contributed by atoms with Crippen molar-refractivity contribution in [1.29, 1.82) is 0 Å². The molecule has 15 heavy (non-hydrogen) atoms. The highest BCUT2D eigenvalue weighted by molar-refractivity contribution is 7.98. The van der Waals surface area contributed by atoms with E-state index in [1.165, 1.54) is 0 Å². The molecule has 0 atom stereocenters. The van der Waals surface area contributed by atoms with E-state index in [2.05, 4.69) is 9.97 Å². The van der Waals surface area contributed by atoms with Crippen LogP contribution < -0.4 is 4.74 Å². The highest BCUT2D eigenvalue weighted by Crippen LogP contribution is 2.28. The number of ether oxygens (including phenoxy) is 1. The number of hydrogen-bond donors (Lipinski definition) is 1. The van der Waals surface area contributed by atoms with E-state index >= 15 is 0 Å². The minimum atomic E-state index is 0.855. The molecule has 0 aliphatic heterocycles. The summed E-state index contributed by atoms with van der Waals surface area (Å²) in [5.41, 5.74) is 2.02. The molecule has 78 valence electrons. The summed E-state index contributed by atoms with van der Waals surface area (Å²) in [6, 6.07) is 7.89. The fraction of sp³-hybridized carbons (Fsp3) is 0.182. The smallest absolute Gasteiger partial charge is 0.165 e. The molecule has 0 bridgehead atoms. The molecule has 0 unspecified atom stereocenters. The second-order valence-electron chi connectivity index (χ2n) is 3.01. The van der Waals surface area contributed by atoms with Gasteiger partial charge in [0.2, 0.25) is 0 Å². The lowest BCUT2D eigenvalue weighted by Gasteiger charge is -2.05. The second-order valence-corrected chi connectivity index (χ2v) is 3.80. The van der Waals surface area contributed by atoms with Crippen LogP contribution in [0.1, 0.15) is 0 Å². The zero-order chi connectivity index (χ0) is 10.7. The molecule has 0 aliphatic carbocycles. The Kier molecular flexibility index (Phi) is 2.97. The molecule has 2 rings (SSSR count). The largest absolute Gasteiger partial charge is 0.496 e. The molecule has 1 N–H and O–H groups in total. The summed E-state index contributed by atoms with van der Waals surface area (Å²) in [7, 11) is 1.67. The molecular formula is C11H12N2OS. The van der Waals surface area contributed by atoms with Gasteiger partial charge in [-0.15, -0.1) is 0 Å². The molecule has 0 saturated heterocycles. The van der Waals surface area contributed by atoms with Crippen molar-refractivity contribution in [2.75, 3.05) is 13.4 Å². The standard InChI is InChI=1S/C11H12N2OS/c1-14-10-6-4-3-5-8(10)9-7-12-11(13-9)15-2/h3-7H,1-2H3,(H,12,13). The third kappa shape index (κ3) is 1.99. The average Bonchev–Trinajstić information content (AvgIpc) is 2.77. The first-order chi connectivity index (χ1) is 7.35. The summed E-state index contributed by atoms with van der Waals surface area (Å²) in [5, 5.41) is 0.913. The molecule has 0 amide bonds. The van der Waals surface area contributed by atoms with Gasteiger partial charge in [0.05, 0.1) is 19.0 Å². The fourth-order valence-corrected chi connectivity index (χ4v) is 1.78. The molecule has 3 nitrogen and oxygen atoms in total. The number of nitrogens with one attached hydrogen (secondary N) is 1. The van der Waals surface area contributed by atoms with Crippen LogP contribution in [0.25, 0.3) is 11.3 Å². The SMILES string of the molecule is COc1ccccc1-c1cnc(SC)[nH]1. The van der Waals surface area contributed by atoms with Crippen LogP contribution >= 0.6 is 11.8 Å². The quantitative estimate of drug-likeness (QED) is 0.808. The van der Waals surface area contributed by atoms with E-state index in [0.717, 1.165) is 22.2 Å². The summed E-state index contributed by atoms with van der Waals surface area (Å²) in [5.74, 6) is 0.855. The van der Waals surface area contributed by atoms with Gasteiger partial charge in [-0.2, -0.15) is 0 Å². The maximum Gasteiger partial charge on any atom is 0.165 e. The van der Waals surface area contributed by atoms with E-state index < -0.39 is 0 Å². The molecule has 0 saturated carbocycles. The Balaban J connectivity index is 2.44. The van der Waals surface area contributed by atoms with Gasteiger partial charge < -0.3 is 9.72 Å². The number of para-hydroxylation sites is 1. The van der Waals surface area contributed by atoms with E-state index in [0.29, 0.717) is 0 Å². The Hall–Kier alpha value is -1.42. The van der Waals surface area contributed by atoms with Crippen molar-refractivity contribution in [3.63, 3.8) is 0 Å². The maximum atomic E-state index is 5.29. The van der Waals surface area contributed by atoms with Gasteiger partial charge in [0.1, 0.15) is 5.75 Å². The topological polar surface area (TPSA) is 37.9 Å². The van der Waals surface area contributed by atoms with Crippen molar-refractivity contribution in [2.45, 2.75) is 5.16 Å². The predicted molar refractivity (Wildman–Crippen MR) is 62.4 cm³/mol. The van der Waals surface area contributed by atoms with Crippen LogP contribution in [-0.2, 0) is 0 Å². The molecule has 1 aromatic carbocycles. The van der Waals surface area contributed by atoms with Crippen LogP contribution in [-0.4, -0.2) is 23.3 Å². The normalized spacial score (nSPS) is 10.3. The fourth-order valence-electron chi connectivity index (χ4n) is 1.41. The van der Waals surface area contributed by atoms with Gasteiger partial charge in [-0.1, -0.05) is 23.9 Å². The monoisotopic (exact) mass is 220 g/mol. The van der Waals surface area contributed by atoms with Crippen molar-refractivity contribution in [3.8, 4) is 17.0 Å². The molecule has 0 radical (unpaired) electrons. The van der Waals surface area contributed by atoms with Gasteiger partial charge >= 0.3 is 0 Å². The minimum Gasteiger partial charge on any atom is -0.496 e. The van der Waals surface area contributed by atoms with Crippen LogP contribution in [0.3, 0.4) is 0 Å². The Labute approximate surface area is 92.9 Å². The number of methoxy groups -OCH3 is 1. The third-order valence-corrected chi connectivity index (χ3v) is 2.74. The summed E-state index contributed by atoms with van der Waals surface area (Å²) in [4.78, 5) is 7.46. The molecule has 1 heterocycles.